The monoisotopic (exact) mass is 532 g/mol. The van der Waals surface area contributed by atoms with Crippen LogP contribution in [0, 0.1) is 0 Å². The van der Waals surface area contributed by atoms with E-state index >= 15 is 4.57 Å². The van der Waals surface area contributed by atoms with Gasteiger partial charge in [0, 0.05) is 52.1 Å². The van der Waals surface area contributed by atoms with E-state index in [0.717, 1.165) is 43.5 Å². The number of fused-ring (bicyclic) bond motifs is 3. The summed E-state index contributed by atoms with van der Waals surface area (Å²) in [5.41, 5.74) is 4.00. The van der Waals surface area contributed by atoms with Gasteiger partial charge in [-0.25, -0.2) is 0 Å². The van der Waals surface area contributed by atoms with Crippen molar-refractivity contribution >= 4 is 40.1 Å². The van der Waals surface area contributed by atoms with E-state index in [1.165, 1.54) is 0 Å². The first-order chi connectivity index (χ1) is 18.9. The standard InChI is InChI=1S/C33H29N2O3P/c1-34-22-29(39(37,25-15-6-4-7-16-25)26-17-8-5-9-18-26)30(23-13-12-14-24(21-23)38-3)31-27-19-10-11-20-28(27)35(2)32(31)33(34)36/h4-21H,22H2,1-3H3. The highest BCUT2D eigenvalue weighted by Crippen LogP contribution is 2.57. The first-order valence-electron chi connectivity index (χ1n) is 12.9. The predicted octanol–water partition coefficient (Wildman–Crippen LogP) is 6.05. The van der Waals surface area contributed by atoms with E-state index in [-0.39, 0.29) is 12.5 Å². The van der Waals surface area contributed by atoms with E-state index in [2.05, 4.69) is 0 Å². The Labute approximate surface area is 228 Å². The average Bonchev–Trinajstić information content (AvgIpc) is 3.22. The fourth-order valence-corrected chi connectivity index (χ4v) is 8.75. The lowest BCUT2D eigenvalue weighted by atomic mass is 9.95. The molecule has 0 bridgehead atoms. The van der Waals surface area contributed by atoms with Crippen molar-refractivity contribution < 1.29 is 14.1 Å². The molecule has 0 radical (unpaired) electrons. The lowest BCUT2D eigenvalue weighted by Crippen LogP contribution is -2.31. The second kappa shape index (κ2) is 9.76. The number of methoxy groups -OCH3 is 1. The molecule has 1 aromatic heterocycles. The van der Waals surface area contributed by atoms with Crippen LogP contribution in [0.5, 0.6) is 5.75 Å². The van der Waals surface area contributed by atoms with Crippen molar-refractivity contribution in [3.8, 4) is 5.75 Å². The third-order valence-electron chi connectivity index (χ3n) is 7.56. The van der Waals surface area contributed by atoms with Crippen LogP contribution in [-0.2, 0) is 11.6 Å². The maximum atomic E-state index is 15.8. The molecule has 0 N–H and O–H groups in total. The van der Waals surface area contributed by atoms with E-state index in [4.69, 9.17) is 4.74 Å². The molecule has 1 amide bonds. The molecule has 0 spiro atoms. The predicted molar refractivity (Wildman–Crippen MR) is 159 cm³/mol. The highest BCUT2D eigenvalue weighted by atomic mass is 31.2. The largest absolute Gasteiger partial charge is 0.497 e. The summed E-state index contributed by atoms with van der Waals surface area (Å²) in [5.74, 6) is 0.589. The fourth-order valence-electron chi connectivity index (χ4n) is 5.68. The number of benzene rings is 4. The molecule has 0 aliphatic carbocycles. The molecule has 0 unspecified atom stereocenters. The molecule has 0 fully saturated rings. The van der Waals surface area contributed by atoms with Crippen LogP contribution in [0.2, 0.25) is 0 Å². The zero-order valence-electron chi connectivity index (χ0n) is 22.2. The first kappa shape index (κ1) is 25.0. The minimum atomic E-state index is -3.42. The Hall–Kier alpha value is -4.34. The summed E-state index contributed by atoms with van der Waals surface area (Å²) in [6.07, 6.45) is 0. The number of ether oxygens (including phenoxy) is 1. The molecule has 39 heavy (non-hydrogen) atoms. The Kier molecular flexibility index (Phi) is 6.25. The highest BCUT2D eigenvalue weighted by Gasteiger charge is 2.40. The van der Waals surface area contributed by atoms with Crippen molar-refractivity contribution in [2.75, 3.05) is 20.7 Å². The molecular weight excluding hydrogens is 503 g/mol. The van der Waals surface area contributed by atoms with Gasteiger partial charge in [-0.3, -0.25) is 4.79 Å². The molecule has 0 atom stereocenters. The molecule has 0 saturated carbocycles. The van der Waals surface area contributed by atoms with Crippen LogP contribution in [0.3, 0.4) is 0 Å². The Morgan fingerprint density at radius 1 is 0.769 bits per heavy atom. The minimum Gasteiger partial charge on any atom is -0.497 e. The number of amides is 1. The first-order valence-corrected chi connectivity index (χ1v) is 14.6. The SMILES string of the molecule is COc1cccc(C2=C(P(=O)(c3ccccc3)c3ccccc3)CN(C)C(=O)c3c2c2ccccc2n3C)c1. The molecule has 0 saturated heterocycles. The molecule has 4 aromatic carbocycles. The molecule has 194 valence electrons. The van der Waals surface area contributed by atoms with Gasteiger partial charge in [-0.15, -0.1) is 0 Å². The molecule has 2 heterocycles. The average molecular weight is 533 g/mol. The van der Waals surface area contributed by atoms with Gasteiger partial charge in [-0.2, -0.15) is 0 Å². The molecule has 6 rings (SSSR count). The molecule has 5 aromatic rings. The van der Waals surface area contributed by atoms with Gasteiger partial charge in [0.1, 0.15) is 11.4 Å². The number of hydrogen-bond acceptors (Lipinski definition) is 3. The molecule has 1 aliphatic rings. The van der Waals surface area contributed by atoms with Gasteiger partial charge in [-0.1, -0.05) is 91.0 Å². The van der Waals surface area contributed by atoms with Crippen molar-refractivity contribution in [2.45, 2.75) is 0 Å². The van der Waals surface area contributed by atoms with Gasteiger partial charge in [0.2, 0.25) is 0 Å². The molecule has 1 aliphatic heterocycles. The Morgan fingerprint density at radius 2 is 1.38 bits per heavy atom. The topological polar surface area (TPSA) is 51.5 Å². The van der Waals surface area contributed by atoms with Gasteiger partial charge >= 0.3 is 0 Å². The van der Waals surface area contributed by atoms with Crippen molar-refractivity contribution in [3.05, 3.63) is 131 Å². The number of likely N-dealkylation sites (N-methyl/N-ethyl adjacent to an activating group) is 1. The van der Waals surface area contributed by atoms with Crippen LogP contribution in [0.25, 0.3) is 16.5 Å². The van der Waals surface area contributed by atoms with Gasteiger partial charge in [0.25, 0.3) is 5.91 Å². The zero-order valence-corrected chi connectivity index (χ0v) is 23.1. The Balaban J connectivity index is 1.84. The lowest BCUT2D eigenvalue weighted by molar-refractivity contribution is 0.0801. The smallest absolute Gasteiger partial charge is 0.271 e. The number of aromatic nitrogens is 1. The number of carbonyl (C=O) groups is 1. The summed E-state index contributed by atoms with van der Waals surface area (Å²) in [6, 6.07) is 35.1. The number of rotatable bonds is 5. The van der Waals surface area contributed by atoms with Crippen LogP contribution < -0.4 is 15.3 Å². The summed E-state index contributed by atoms with van der Waals surface area (Å²) in [6.45, 7) is 0.218. The number of nitrogens with zero attached hydrogens (tertiary/aromatic N) is 2. The molecule has 5 nitrogen and oxygen atoms in total. The summed E-state index contributed by atoms with van der Waals surface area (Å²) in [7, 11) is 1.93. The normalized spacial score (nSPS) is 13.9. The van der Waals surface area contributed by atoms with Crippen LogP contribution in [0.15, 0.2) is 115 Å². The Bertz CT molecular complexity index is 1740. The number of para-hydroxylation sites is 1. The summed E-state index contributed by atoms with van der Waals surface area (Å²) in [5, 5.41) is 3.13. The van der Waals surface area contributed by atoms with Crippen molar-refractivity contribution in [3.63, 3.8) is 0 Å². The molecule has 6 heteroatoms. The summed E-state index contributed by atoms with van der Waals surface area (Å²) in [4.78, 5) is 15.7. The fraction of sp³-hybridized carbons (Fsp3) is 0.121. The Morgan fingerprint density at radius 3 is 2.03 bits per heavy atom. The number of hydrogen-bond donors (Lipinski definition) is 0. The number of aryl methyl sites for hydroxylation is 1. The van der Waals surface area contributed by atoms with Crippen LogP contribution in [-0.4, -0.2) is 36.1 Å². The van der Waals surface area contributed by atoms with Crippen LogP contribution in [0.1, 0.15) is 21.6 Å². The van der Waals surface area contributed by atoms with Gasteiger partial charge in [-0.05, 0) is 23.8 Å². The second-order valence-electron chi connectivity index (χ2n) is 9.80. The van der Waals surface area contributed by atoms with Crippen molar-refractivity contribution in [1.82, 2.24) is 9.47 Å². The van der Waals surface area contributed by atoms with Gasteiger partial charge in [0.15, 0.2) is 7.14 Å². The lowest BCUT2D eigenvalue weighted by Gasteiger charge is -2.27. The zero-order chi connectivity index (χ0) is 27.1. The van der Waals surface area contributed by atoms with Crippen LogP contribution >= 0.6 is 7.14 Å². The van der Waals surface area contributed by atoms with E-state index in [1.807, 2.05) is 121 Å². The van der Waals surface area contributed by atoms with Crippen molar-refractivity contribution in [2.24, 2.45) is 7.05 Å². The third-order valence-corrected chi connectivity index (χ3v) is 10.7. The van der Waals surface area contributed by atoms with Gasteiger partial charge < -0.3 is 18.8 Å². The minimum absolute atomic E-state index is 0.105. The summed E-state index contributed by atoms with van der Waals surface area (Å²) >= 11 is 0. The van der Waals surface area contributed by atoms with Crippen molar-refractivity contribution in [1.29, 1.82) is 0 Å². The maximum absolute atomic E-state index is 15.8. The van der Waals surface area contributed by atoms with Crippen LogP contribution in [0.4, 0.5) is 0 Å². The summed E-state index contributed by atoms with van der Waals surface area (Å²) < 4.78 is 23.4. The number of carbonyl (C=O) groups excluding carboxylic acids is 1. The third kappa shape index (κ3) is 3.93. The van der Waals surface area contributed by atoms with E-state index < -0.39 is 7.14 Å². The quantitative estimate of drug-likeness (QED) is 0.259. The van der Waals surface area contributed by atoms with E-state index in [0.29, 0.717) is 11.4 Å². The maximum Gasteiger partial charge on any atom is 0.271 e. The van der Waals surface area contributed by atoms with Gasteiger partial charge in [0.05, 0.1) is 13.7 Å². The second-order valence-corrected chi connectivity index (χ2v) is 12.6. The van der Waals surface area contributed by atoms with E-state index in [9.17, 15) is 4.79 Å². The highest BCUT2D eigenvalue weighted by molar-refractivity contribution is 7.82. The van der Waals surface area contributed by atoms with E-state index in [1.54, 1.807) is 19.1 Å². The molecular formula is C33H29N2O3P.